The van der Waals surface area contributed by atoms with Gasteiger partial charge in [0.05, 0.1) is 12.3 Å². The molecule has 0 spiro atoms. The van der Waals surface area contributed by atoms with E-state index in [4.69, 9.17) is 4.74 Å². The highest BCUT2D eigenvalue weighted by atomic mass is 16.5. The second-order valence-electron chi connectivity index (χ2n) is 4.88. The summed E-state index contributed by atoms with van der Waals surface area (Å²) in [6.45, 7) is 4.96. The van der Waals surface area contributed by atoms with Crippen LogP contribution in [-0.4, -0.2) is 16.8 Å². The number of aromatic nitrogens is 2. The topological polar surface area (TPSA) is 37.9 Å². The first-order valence-electron chi connectivity index (χ1n) is 6.95. The van der Waals surface area contributed by atoms with Crippen molar-refractivity contribution in [2.24, 2.45) is 0 Å². The number of hydrogen-bond donors (Lipinski definition) is 1. The lowest BCUT2D eigenvalue weighted by atomic mass is 10.1. The lowest BCUT2D eigenvalue weighted by Crippen LogP contribution is -1.98. The lowest BCUT2D eigenvalue weighted by molar-refractivity contribution is 0.305. The molecule has 0 fully saturated rings. The molecule has 19 heavy (non-hydrogen) atoms. The van der Waals surface area contributed by atoms with Crippen molar-refractivity contribution in [2.45, 2.75) is 39.5 Å². The molecule has 0 bridgehead atoms. The van der Waals surface area contributed by atoms with Gasteiger partial charge in [-0.25, -0.2) is 0 Å². The smallest absolute Gasteiger partial charge is 0.119 e. The Morgan fingerprint density at radius 2 is 1.84 bits per heavy atom. The molecule has 0 saturated carbocycles. The van der Waals surface area contributed by atoms with Gasteiger partial charge in [0.25, 0.3) is 0 Å². The van der Waals surface area contributed by atoms with Gasteiger partial charge in [0.1, 0.15) is 5.75 Å². The number of rotatable bonds is 7. The molecule has 1 heterocycles. The lowest BCUT2D eigenvalue weighted by Gasteiger charge is -2.06. The third-order valence-electron chi connectivity index (χ3n) is 3.36. The summed E-state index contributed by atoms with van der Waals surface area (Å²) in [6, 6.07) is 10.00. The highest BCUT2D eigenvalue weighted by Gasteiger charge is 2.05. The van der Waals surface area contributed by atoms with Gasteiger partial charge < -0.3 is 4.74 Å². The maximum atomic E-state index is 5.67. The Bertz CT molecular complexity index is 471. The van der Waals surface area contributed by atoms with Crippen molar-refractivity contribution in [3.05, 3.63) is 47.3 Å². The van der Waals surface area contributed by atoms with Crippen LogP contribution in [0.1, 0.15) is 36.2 Å². The highest BCUT2D eigenvalue weighted by molar-refractivity contribution is 5.23. The fourth-order valence-corrected chi connectivity index (χ4v) is 2.23. The first-order chi connectivity index (χ1) is 9.27. The predicted octanol–water partition coefficient (Wildman–Crippen LogP) is 3.82. The average molecular weight is 258 g/mol. The number of nitrogens with zero attached hydrogens (tertiary/aromatic N) is 1. The number of hydrogen-bond acceptors (Lipinski definition) is 2. The van der Waals surface area contributed by atoms with E-state index < -0.39 is 0 Å². The number of nitrogens with one attached hydrogen (secondary N) is 1. The van der Waals surface area contributed by atoms with Crippen molar-refractivity contribution < 1.29 is 4.74 Å². The fraction of sp³-hybridized carbons (Fsp3) is 0.438. The van der Waals surface area contributed by atoms with Crippen LogP contribution in [0.2, 0.25) is 0 Å². The van der Waals surface area contributed by atoms with Gasteiger partial charge in [-0.3, -0.25) is 5.10 Å². The van der Waals surface area contributed by atoms with Gasteiger partial charge in [-0.15, -0.1) is 0 Å². The number of aromatic amines is 1. The Kier molecular flexibility index (Phi) is 5.01. The first-order valence-corrected chi connectivity index (χ1v) is 6.95. The Labute approximate surface area is 115 Å². The Morgan fingerprint density at radius 1 is 1.05 bits per heavy atom. The van der Waals surface area contributed by atoms with E-state index in [-0.39, 0.29) is 0 Å². The zero-order valence-electron chi connectivity index (χ0n) is 11.8. The predicted molar refractivity (Wildman–Crippen MR) is 77.6 cm³/mol. The van der Waals surface area contributed by atoms with Crippen LogP contribution in [0.5, 0.6) is 5.75 Å². The summed E-state index contributed by atoms with van der Waals surface area (Å²) in [5.41, 5.74) is 3.72. The Morgan fingerprint density at radius 3 is 2.53 bits per heavy atom. The van der Waals surface area contributed by atoms with Crippen molar-refractivity contribution in [3.8, 4) is 5.75 Å². The SMILES string of the molecule is Cc1n[nH]c(C)c1CCCCCOc1ccccc1. The number of H-pyrrole nitrogens is 1. The van der Waals surface area contributed by atoms with E-state index in [1.165, 1.54) is 24.1 Å². The van der Waals surface area contributed by atoms with Crippen molar-refractivity contribution >= 4 is 0 Å². The molecule has 0 radical (unpaired) electrons. The Balaban J connectivity index is 1.60. The zero-order chi connectivity index (χ0) is 13.5. The number of para-hydroxylation sites is 1. The first kappa shape index (κ1) is 13.7. The van der Waals surface area contributed by atoms with E-state index in [1.807, 2.05) is 30.3 Å². The minimum absolute atomic E-state index is 0.799. The summed E-state index contributed by atoms with van der Waals surface area (Å²) >= 11 is 0. The van der Waals surface area contributed by atoms with Crippen molar-refractivity contribution in [1.29, 1.82) is 0 Å². The van der Waals surface area contributed by atoms with Gasteiger partial charge in [0.15, 0.2) is 0 Å². The number of aryl methyl sites for hydroxylation is 2. The van der Waals surface area contributed by atoms with Crippen LogP contribution in [0.4, 0.5) is 0 Å². The van der Waals surface area contributed by atoms with Crippen LogP contribution in [0.25, 0.3) is 0 Å². The maximum absolute atomic E-state index is 5.67. The van der Waals surface area contributed by atoms with Crippen molar-refractivity contribution in [2.75, 3.05) is 6.61 Å². The van der Waals surface area contributed by atoms with Gasteiger partial charge in [0, 0.05) is 5.69 Å². The van der Waals surface area contributed by atoms with Crippen LogP contribution in [0.3, 0.4) is 0 Å². The summed E-state index contributed by atoms with van der Waals surface area (Å²) in [7, 11) is 0. The molecule has 0 amide bonds. The van der Waals surface area contributed by atoms with Crippen molar-refractivity contribution in [1.82, 2.24) is 10.2 Å². The minimum atomic E-state index is 0.799. The third-order valence-corrected chi connectivity index (χ3v) is 3.36. The average Bonchev–Trinajstić information content (AvgIpc) is 2.75. The van der Waals surface area contributed by atoms with E-state index in [1.54, 1.807) is 0 Å². The van der Waals surface area contributed by atoms with E-state index in [9.17, 15) is 0 Å². The third kappa shape index (κ3) is 4.12. The highest BCUT2D eigenvalue weighted by Crippen LogP contribution is 2.14. The molecule has 2 rings (SSSR count). The number of ether oxygens (including phenoxy) is 1. The molecular formula is C16H22N2O. The normalized spacial score (nSPS) is 10.6. The molecule has 0 unspecified atom stereocenters. The van der Waals surface area contributed by atoms with E-state index in [0.29, 0.717) is 0 Å². The van der Waals surface area contributed by atoms with E-state index in [2.05, 4.69) is 24.0 Å². The molecule has 2 aromatic rings. The molecule has 0 aliphatic heterocycles. The molecule has 102 valence electrons. The monoisotopic (exact) mass is 258 g/mol. The largest absolute Gasteiger partial charge is 0.494 e. The maximum Gasteiger partial charge on any atom is 0.119 e. The van der Waals surface area contributed by atoms with Crippen LogP contribution < -0.4 is 4.74 Å². The van der Waals surface area contributed by atoms with Crippen LogP contribution in [0, 0.1) is 13.8 Å². The van der Waals surface area contributed by atoms with Gasteiger partial charge in [0.2, 0.25) is 0 Å². The molecule has 1 aromatic heterocycles. The standard InChI is InChI=1S/C16H22N2O/c1-13-16(14(2)18-17-13)11-7-4-8-12-19-15-9-5-3-6-10-15/h3,5-6,9-10H,4,7-8,11-12H2,1-2H3,(H,17,18). The van der Waals surface area contributed by atoms with Gasteiger partial charge in [-0.05, 0) is 57.2 Å². The molecule has 1 aromatic carbocycles. The second-order valence-corrected chi connectivity index (χ2v) is 4.88. The van der Waals surface area contributed by atoms with Crippen LogP contribution >= 0.6 is 0 Å². The molecular weight excluding hydrogens is 236 g/mol. The molecule has 0 atom stereocenters. The molecule has 0 aliphatic carbocycles. The van der Waals surface area contributed by atoms with E-state index >= 15 is 0 Å². The summed E-state index contributed by atoms with van der Waals surface area (Å²) in [4.78, 5) is 0. The quantitative estimate of drug-likeness (QED) is 0.767. The second kappa shape index (κ2) is 6.98. The van der Waals surface area contributed by atoms with Gasteiger partial charge in [-0.2, -0.15) is 5.10 Å². The minimum Gasteiger partial charge on any atom is -0.494 e. The van der Waals surface area contributed by atoms with Crippen LogP contribution in [-0.2, 0) is 6.42 Å². The Hall–Kier alpha value is -1.77. The van der Waals surface area contributed by atoms with Crippen LogP contribution in [0.15, 0.2) is 30.3 Å². The summed E-state index contributed by atoms with van der Waals surface area (Å²) in [6.07, 6.45) is 4.60. The molecule has 0 aliphatic rings. The molecule has 3 nitrogen and oxygen atoms in total. The number of unbranched alkanes of at least 4 members (excludes halogenated alkanes) is 2. The molecule has 1 N–H and O–H groups in total. The fourth-order valence-electron chi connectivity index (χ4n) is 2.23. The summed E-state index contributed by atoms with van der Waals surface area (Å²) in [5, 5.41) is 7.26. The zero-order valence-corrected chi connectivity index (χ0v) is 11.8. The number of benzene rings is 1. The molecule has 0 saturated heterocycles. The van der Waals surface area contributed by atoms with Crippen molar-refractivity contribution in [3.63, 3.8) is 0 Å². The summed E-state index contributed by atoms with van der Waals surface area (Å²) < 4.78 is 5.67. The van der Waals surface area contributed by atoms with Gasteiger partial charge >= 0.3 is 0 Å². The van der Waals surface area contributed by atoms with E-state index in [0.717, 1.165) is 30.9 Å². The summed E-state index contributed by atoms with van der Waals surface area (Å²) in [5.74, 6) is 0.962. The van der Waals surface area contributed by atoms with Gasteiger partial charge in [-0.1, -0.05) is 18.2 Å². The molecule has 3 heteroatoms.